The van der Waals surface area contributed by atoms with E-state index >= 15 is 0 Å². The van der Waals surface area contributed by atoms with Crippen molar-refractivity contribution in [3.05, 3.63) is 82.0 Å². The molecule has 208 valence electrons. The lowest BCUT2D eigenvalue weighted by Gasteiger charge is -2.32. The summed E-state index contributed by atoms with van der Waals surface area (Å²) in [5.41, 5.74) is 1.72. The lowest BCUT2D eigenvalue weighted by Crippen LogP contribution is -2.43. The number of piperazine rings is 1. The third-order valence-electron chi connectivity index (χ3n) is 6.37. The maximum Gasteiger partial charge on any atom is 0.416 e. The van der Waals surface area contributed by atoms with Gasteiger partial charge in [0.2, 0.25) is 5.91 Å². The number of anilines is 2. The average molecular weight is 551 g/mol. The predicted molar refractivity (Wildman–Crippen MR) is 146 cm³/mol. The summed E-state index contributed by atoms with van der Waals surface area (Å²) >= 11 is 0. The second-order valence-corrected chi connectivity index (χ2v) is 9.71. The van der Waals surface area contributed by atoms with Gasteiger partial charge in [0.25, 0.3) is 5.91 Å². The molecule has 0 spiro atoms. The van der Waals surface area contributed by atoms with E-state index in [0.29, 0.717) is 29.2 Å². The van der Waals surface area contributed by atoms with E-state index < -0.39 is 17.6 Å². The molecule has 4 rings (SSSR count). The number of hydrogen-bond donors (Lipinski definition) is 2. The number of halogens is 3. The highest BCUT2D eigenvalue weighted by molar-refractivity contribution is 6.04. The van der Waals surface area contributed by atoms with Gasteiger partial charge in [0.05, 0.1) is 5.56 Å². The minimum atomic E-state index is -4.55. The number of alkyl halides is 3. The topological polar surface area (TPSA) is 90.5 Å². The number of hydrogen-bond acceptors (Lipinski definition) is 6. The van der Waals surface area contributed by atoms with Crippen LogP contribution in [0.2, 0.25) is 0 Å². The van der Waals surface area contributed by atoms with Crippen LogP contribution < -0.4 is 10.6 Å². The van der Waals surface area contributed by atoms with Crippen molar-refractivity contribution in [3.8, 4) is 11.8 Å². The molecule has 2 heterocycles. The first kappa shape index (κ1) is 28.7. The van der Waals surface area contributed by atoms with E-state index in [2.05, 4.69) is 42.5 Å². The molecule has 1 aromatic heterocycles. The SMILES string of the molecule is CC(=O)Nc1ccc(C#Cc2cc(C(=O)Nc3cc(CN4CCN(C)CC4)cc(C(F)(F)F)c3)ccc2C)nn1. The number of rotatable bonds is 5. The Bertz CT molecular complexity index is 1450. The predicted octanol–water partition coefficient (Wildman–Crippen LogP) is 4.16. The molecule has 0 radical (unpaired) electrons. The zero-order valence-electron chi connectivity index (χ0n) is 22.4. The van der Waals surface area contributed by atoms with Crippen molar-refractivity contribution >= 4 is 23.3 Å². The second-order valence-electron chi connectivity index (χ2n) is 9.71. The van der Waals surface area contributed by atoms with Crippen molar-refractivity contribution < 1.29 is 22.8 Å². The zero-order chi connectivity index (χ0) is 28.9. The van der Waals surface area contributed by atoms with Crippen LogP contribution in [-0.2, 0) is 17.5 Å². The summed E-state index contributed by atoms with van der Waals surface area (Å²) in [7, 11) is 2.01. The molecule has 2 N–H and O–H groups in total. The maximum absolute atomic E-state index is 13.7. The number of aryl methyl sites for hydroxylation is 1. The largest absolute Gasteiger partial charge is 0.416 e. The minimum Gasteiger partial charge on any atom is -0.322 e. The summed E-state index contributed by atoms with van der Waals surface area (Å²) in [6, 6.07) is 11.7. The Morgan fingerprint density at radius 3 is 2.35 bits per heavy atom. The molecule has 0 saturated carbocycles. The van der Waals surface area contributed by atoms with Gasteiger partial charge in [0, 0.05) is 56.5 Å². The monoisotopic (exact) mass is 550 g/mol. The zero-order valence-corrected chi connectivity index (χ0v) is 22.4. The first-order valence-electron chi connectivity index (χ1n) is 12.6. The smallest absolute Gasteiger partial charge is 0.322 e. The molecule has 1 saturated heterocycles. The molecule has 1 aliphatic heterocycles. The number of benzene rings is 2. The molecule has 2 amide bonds. The fourth-order valence-electron chi connectivity index (χ4n) is 4.16. The highest BCUT2D eigenvalue weighted by Crippen LogP contribution is 2.32. The molecule has 0 atom stereocenters. The molecule has 8 nitrogen and oxygen atoms in total. The number of nitrogens with zero attached hydrogens (tertiary/aromatic N) is 4. The van der Waals surface area contributed by atoms with Crippen LogP contribution in [0.25, 0.3) is 0 Å². The highest BCUT2D eigenvalue weighted by Gasteiger charge is 2.31. The van der Waals surface area contributed by atoms with Crippen LogP contribution >= 0.6 is 0 Å². The fourth-order valence-corrected chi connectivity index (χ4v) is 4.16. The van der Waals surface area contributed by atoms with Gasteiger partial charge < -0.3 is 15.5 Å². The summed E-state index contributed by atoms with van der Waals surface area (Å²) in [6.07, 6.45) is -4.55. The first-order valence-corrected chi connectivity index (χ1v) is 12.6. The molecule has 40 heavy (non-hydrogen) atoms. The van der Waals surface area contributed by atoms with Crippen LogP contribution in [0.1, 0.15) is 45.2 Å². The van der Waals surface area contributed by atoms with Crippen LogP contribution in [0, 0.1) is 18.8 Å². The normalized spacial score (nSPS) is 14.2. The standard InChI is InChI=1S/C29H29F3N6O2/c1-19-4-5-23(16-22(19)6-7-25-8-9-27(36-35-25)33-20(2)39)28(40)34-26-15-21(14-24(17-26)29(30,31)32)18-38-12-10-37(3)11-13-38/h4-5,8-9,14-17H,10-13,18H2,1-3H3,(H,34,40)(H,33,36,39). The molecule has 3 aromatic rings. The van der Waals surface area contributed by atoms with E-state index in [0.717, 1.165) is 43.9 Å². The van der Waals surface area contributed by atoms with Crippen molar-refractivity contribution in [2.45, 2.75) is 26.6 Å². The van der Waals surface area contributed by atoms with Crippen molar-refractivity contribution in [2.75, 3.05) is 43.9 Å². The van der Waals surface area contributed by atoms with E-state index in [1.807, 2.05) is 14.0 Å². The van der Waals surface area contributed by atoms with E-state index in [9.17, 15) is 22.8 Å². The summed E-state index contributed by atoms with van der Waals surface area (Å²) in [6.45, 7) is 6.75. The molecule has 11 heteroatoms. The molecule has 1 aliphatic rings. The van der Waals surface area contributed by atoms with Gasteiger partial charge in [-0.1, -0.05) is 12.0 Å². The lowest BCUT2D eigenvalue weighted by molar-refractivity contribution is -0.137. The third-order valence-corrected chi connectivity index (χ3v) is 6.37. The lowest BCUT2D eigenvalue weighted by atomic mass is 10.0. The molecular weight excluding hydrogens is 521 g/mol. The highest BCUT2D eigenvalue weighted by atomic mass is 19.4. The van der Waals surface area contributed by atoms with Gasteiger partial charge in [0.15, 0.2) is 5.82 Å². The maximum atomic E-state index is 13.7. The van der Waals surface area contributed by atoms with Gasteiger partial charge in [-0.3, -0.25) is 14.5 Å². The molecule has 0 bridgehead atoms. The Hall–Kier alpha value is -4.27. The summed E-state index contributed by atoms with van der Waals surface area (Å²) in [4.78, 5) is 28.5. The summed E-state index contributed by atoms with van der Waals surface area (Å²) < 4.78 is 41.0. The fraction of sp³-hybridized carbons (Fsp3) is 0.310. The Kier molecular flexibility index (Phi) is 8.82. The number of carbonyl (C=O) groups excluding carboxylic acids is 2. The summed E-state index contributed by atoms with van der Waals surface area (Å²) in [5, 5.41) is 13.0. The van der Waals surface area contributed by atoms with Crippen LogP contribution in [0.5, 0.6) is 0 Å². The quantitative estimate of drug-likeness (QED) is 0.464. The molecular formula is C29H29F3N6O2. The second kappa shape index (κ2) is 12.3. The summed E-state index contributed by atoms with van der Waals surface area (Å²) in [5.74, 6) is 5.31. The van der Waals surface area contributed by atoms with Crippen LogP contribution in [0.3, 0.4) is 0 Å². The number of aromatic nitrogens is 2. The average Bonchev–Trinajstić information content (AvgIpc) is 2.89. The van der Waals surface area contributed by atoms with Gasteiger partial charge in [-0.2, -0.15) is 13.2 Å². The van der Waals surface area contributed by atoms with Gasteiger partial charge in [0.1, 0.15) is 5.69 Å². The van der Waals surface area contributed by atoms with E-state index in [1.54, 1.807) is 36.4 Å². The van der Waals surface area contributed by atoms with Crippen molar-refractivity contribution in [2.24, 2.45) is 0 Å². The van der Waals surface area contributed by atoms with Crippen molar-refractivity contribution in [1.82, 2.24) is 20.0 Å². The van der Waals surface area contributed by atoms with Gasteiger partial charge >= 0.3 is 6.18 Å². The first-order chi connectivity index (χ1) is 19.0. The Morgan fingerprint density at radius 2 is 1.70 bits per heavy atom. The molecule has 0 unspecified atom stereocenters. The van der Waals surface area contributed by atoms with Gasteiger partial charge in [-0.25, -0.2) is 0 Å². The number of nitrogens with one attached hydrogen (secondary N) is 2. The van der Waals surface area contributed by atoms with Crippen LogP contribution in [-0.4, -0.2) is 65.0 Å². The van der Waals surface area contributed by atoms with E-state index in [-0.39, 0.29) is 17.2 Å². The van der Waals surface area contributed by atoms with Gasteiger partial charge in [-0.05, 0) is 73.5 Å². The minimum absolute atomic E-state index is 0.0756. The van der Waals surface area contributed by atoms with Crippen LogP contribution in [0.4, 0.5) is 24.7 Å². The van der Waals surface area contributed by atoms with Crippen LogP contribution in [0.15, 0.2) is 48.5 Å². The van der Waals surface area contributed by atoms with E-state index in [4.69, 9.17) is 0 Å². The Labute approximate surface area is 230 Å². The van der Waals surface area contributed by atoms with Crippen molar-refractivity contribution in [1.29, 1.82) is 0 Å². The number of carbonyl (C=O) groups is 2. The number of amides is 2. The third kappa shape index (κ3) is 7.88. The Morgan fingerprint density at radius 1 is 0.950 bits per heavy atom. The molecule has 2 aromatic carbocycles. The number of likely N-dealkylation sites (N-methyl/N-ethyl adjacent to an activating group) is 1. The van der Waals surface area contributed by atoms with Gasteiger partial charge in [-0.15, -0.1) is 10.2 Å². The Balaban J connectivity index is 1.52. The van der Waals surface area contributed by atoms with Crippen molar-refractivity contribution in [3.63, 3.8) is 0 Å². The van der Waals surface area contributed by atoms with E-state index in [1.165, 1.54) is 6.92 Å². The molecule has 1 fully saturated rings. The molecule has 0 aliphatic carbocycles.